The van der Waals surface area contributed by atoms with Crippen molar-refractivity contribution in [2.24, 2.45) is 5.92 Å². The van der Waals surface area contributed by atoms with E-state index in [1.807, 2.05) is 25.1 Å². The summed E-state index contributed by atoms with van der Waals surface area (Å²) in [4.78, 5) is 12.0. The molecule has 162 valence electrons. The molecule has 1 N–H and O–H groups in total. The Balaban J connectivity index is 1.59. The van der Waals surface area contributed by atoms with Gasteiger partial charge < -0.3 is 10.1 Å². The second-order valence-corrected chi connectivity index (χ2v) is 10.8. The number of nitrogens with one attached hydrogen (secondary N) is 1. The van der Waals surface area contributed by atoms with Gasteiger partial charge in [0.1, 0.15) is 22.3 Å². The van der Waals surface area contributed by atoms with E-state index in [1.54, 1.807) is 24.3 Å². The standard InChI is InChI=1S/C23H24N2O4S2/c1-15-11-23(30-25-15)24-18-4-10-22(17(14-18)12-16-3-5-19(26)13-16)29-20-6-8-21(9-7-20)31(2,27)28/h4,6-11,14,16,24H,3,5,12-13H2,1-2H3. The van der Waals surface area contributed by atoms with Crippen LogP contribution in [0.15, 0.2) is 53.4 Å². The highest BCUT2D eigenvalue weighted by molar-refractivity contribution is 7.90. The van der Waals surface area contributed by atoms with Gasteiger partial charge in [0.25, 0.3) is 0 Å². The van der Waals surface area contributed by atoms with E-state index in [2.05, 4.69) is 15.8 Å². The number of nitrogens with zero attached hydrogens (tertiary/aromatic N) is 1. The van der Waals surface area contributed by atoms with Crippen molar-refractivity contribution in [1.29, 1.82) is 0 Å². The van der Waals surface area contributed by atoms with Crippen molar-refractivity contribution in [2.75, 3.05) is 11.6 Å². The number of hydrogen-bond acceptors (Lipinski definition) is 7. The molecule has 1 heterocycles. The number of hydrogen-bond donors (Lipinski definition) is 1. The maximum absolute atomic E-state index is 11.7. The van der Waals surface area contributed by atoms with Crippen LogP contribution in [0.5, 0.6) is 11.5 Å². The van der Waals surface area contributed by atoms with E-state index in [0.29, 0.717) is 36.0 Å². The monoisotopic (exact) mass is 456 g/mol. The first-order valence-electron chi connectivity index (χ1n) is 10.1. The summed E-state index contributed by atoms with van der Waals surface area (Å²) in [5, 5.41) is 4.34. The number of anilines is 2. The molecule has 0 radical (unpaired) electrons. The molecular formula is C23H24N2O4S2. The molecule has 0 amide bonds. The average Bonchev–Trinajstić information content (AvgIpc) is 3.31. The van der Waals surface area contributed by atoms with E-state index >= 15 is 0 Å². The third-order valence-electron chi connectivity index (χ3n) is 5.29. The summed E-state index contributed by atoms with van der Waals surface area (Å²) in [6, 6.07) is 14.3. The van der Waals surface area contributed by atoms with Gasteiger partial charge in [0.05, 0.1) is 10.6 Å². The molecule has 1 aliphatic carbocycles. The number of benzene rings is 2. The van der Waals surface area contributed by atoms with Gasteiger partial charge in [-0.3, -0.25) is 4.79 Å². The Morgan fingerprint density at radius 1 is 1.16 bits per heavy atom. The normalized spacial score (nSPS) is 16.5. The number of ketones is 1. The summed E-state index contributed by atoms with van der Waals surface area (Å²) < 4.78 is 33.8. The molecule has 31 heavy (non-hydrogen) atoms. The van der Waals surface area contributed by atoms with Crippen LogP contribution in [0.1, 0.15) is 30.5 Å². The number of ether oxygens (including phenoxy) is 1. The zero-order chi connectivity index (χ0) is 22.0. The summed E-state index contributed by atoms with van der Waals surface area (Å²) in [7, 11) is -3.26. The highest BCUT2D eigenvalue weighted by atomic mass is 32.2. The summed E-state index contributed by atoms with van der Waals surface area (Å²) in [6.45, 7) is 1.95. The molecule has 1 aromatic heterocycles. The molecular weight excluding hydrogens is 432 g/mol. The van der Waals surface area contributed by atoms with Crippen LogP contribution in [0.3, 0.4) is 0 Å². The maximum atomic E-state index is 11.7. The average molecular weight is 457 g/mol. The molecule has 0 bridgehead atoms. The van der Waals surface area contributed by atoms with Crippen molar-refractivity contribution in [3.63, 3.8) is 0 Å². The molecule has 4 rings (SSSR count). The largest absolute Gasteiger partial charge is 0.457 e. The smallest absolute Gasteiger partial charge is 0.175 e. The Kier molecular flexibility index (Phi) is 6.11. The molecule has 0 spiro atoms. The first kappa shape index (κ1) is 21.5. The fourth-order valence-electron chi connectivity index (χ4n) is 3.74. The second-order valence-electron chi connectivity index (χ2n) is 7.98. The van der Waals surface area contributed by atoms with Crippen LogP contribution in [0.2, 0.25) is 0 Å². The highest BCUT2D eigenvalue weighted by Crippen LogP contribution is 2.35. The highest BCUT2D eigenvalue weighted by Gasteiger charge is 2.24. The van der Waals surface area contributed by atoms with E-state index in [0.717, 1.165) is 34.8 Å². The van der Waals surface area contributed by atoms with E-state index in [9.17, 15) is 13.2 Å². The van der Waals surface area contributed by atoms with Crippen LogP contribution in [-0.2, 0) is 21.1 Å². The lowest BCUT2D eigenvalue weighted by molar-refractivity contribution is -0.117. The van der Waals surface area contributed by atoms with E-state index < -0.39 is 9.84 Å². The van der Waals surface area contributed by atoms with Crippen molar-refractivity contribution in [2.45, 2.75) is 37.5 Å². The van der Waals surface area contributed by atoms with Crippen LogP contribution in [0.25, 0.3) is 0 Å². The third kappa shape index (κ3) is 5.51. The molecule has 1 unspecified atom stereocenters. The van der Waals surface area contributed by atoms with Gasteiger partial charge in [0.15, 0.2) is 9.84 Å². The molecule has 6 nitrogen and oxygen atoms in total. The van der Waals surface area contributed by atoms with Gasteiger partial charge in [-0.25, -0.2) is 8.42 Å². The van der Waals surface area contributed by atoms with Gasteiger partial charge >= 0.3 is 0 Å². The Hall–Kier alpha value is -2.71. The summed E-state index contributed by atoms with van der Waals surface area (Å²) >= 11 is 1.41. The van der Waals surface area contributed by atoms with Crippen LogP contribution < -0.4 is 10.1 Å². The van der Waals surface area contributed by atoms with Gasteiger partial charge in [0.2, 0.25) is 0 Å². The number of Topliss-reactive ketones (excluding diaryl/α,β-unsaturated/α-hetero) is 1. The van der Waals surface area contributed by atoms with Gasteiger partial charge in [-0.1, -0.05) is 0 Å². The Bertz CT molecular complexity index is 1200. The van der Waals surface area contributed by atoms with Crippen LogP contribution >= 0.6 is 11.5 Å². The topological polar surface area (TPSA) is 85.4 Å². The van der Waals surface area contributed by atoms with Crippen molar-refractivity contribution in [3.8, 4) is 11.5 Å². The third-order valence-corrected chi connectivity index (χ3v) is 7.22. The molecule has 1 aliphatic rings. The Morgan fingerprint density at radius 2 is 1.94 bits per heavy atom. The van der Waals surface area contributed by atoms with Crippen molar-refractivity contribution in [1.82, 2.24) is 4.37 Å². The van der Waals surface area contributed by atoms with Crippen LogP contribution in [0.4, 0.5) is 10.7 Å². The second kappa shape index (κ2) is 8.80. The lowest BCUT2D eigenvalue weighted by Gasteiger charge is -2.16. The Morgan fingerprint density at radius 3 is 2.55 bits per heavy atom. The van der Waals surface area contributed by atoms with Crippen LogP contribution in [-0.4, -0.2) is 24.8 Å². The number of aryl methyl sites for hydroxylation is 1. The predicted molar refractivity (Wildman–Crippen MR) is 122 cm³/mol. The minimum Gasteiger partial charge on any atom is -0.457 e. The van der Waals surface area contributed by atoms with E-state index in [4.69, 9.17) is 4.74 Å². The zero-order valence-electron chi connectivity index (χ0n) is 17.4. The fourth-order valence-corrected chi connectivity index (χ4v) is 5.05. The first-order valence-corrected chi connectivity index (χ1v) is 12.8. The lowest BCUT2D eigenvalue weighted by atomic mass is 9.97. The Labute approximate surface area is 186 Å². The fraction of sp³-hybridized carbons (Fsp3) is 0.304. The van der Waals surface area contributed by atoms with Crippen molar-refractivity contribution in [3.05, 3.63) is 59.8 Å². The van der Waals surface area contributed by atoms with E-state index in [1.165, 1.54) is 17.8 Å². The minimum atomic E-state index is -3.26. The van der Waals surface area contributed by atoms with Crippen LogP contribution in [0, 0.1) is 12.8 Å². The molecule has 1 fully saturated rings. The maximum Gasteiger partial charge on any atom is 0.175 e. The summed E-state index contributed by atoms with van der Waals surface area (Å²) in [5.74, 6) is 1.90. The quantitative estimate of drug-likeness (QED) is 0.519. The molecule has 0 aliphatic heterocycles. The molecule has 1 atom stereocenters. The number of rotatable bonds is 7. The van der Waals surface area contributed by atoms with Gasteiger partial charge in [-0.05, 0) is 91.3 Å². The molecule has 1 saturated carbocycles. The molecule has 2 aromatic carbocycles. The van der Waals surface area contributed by atoms with E-state index in [-0.39, 0.29) is 4.90 Å². The lowest BCUT2D eigenvalue weighted by Crippen LogP contribution is -2.03. The number of carbonyl (C=O) groups is 1. The summed E-state index contributed by atoms with van der Waals surface area (Å²) in [6.07, 6.45) is 4.08. The van der Waals surface area contributed by atoms with Gasteiger partial charge in [-0.2, -0.15) is 4.37 Å². The first-order chi connectivity index (χ1) is 14.8. The van der Waals surface area contributed by atoms with Gasteiger partial charge in [0, 0.05) is 24.8 Å². The van der Waals surface area contributed by atoms with Gasteiger partial charge in [-0.15, -0.1) is 0 Å². The summed E-state index contributed by atoms with van der Waals surface area (Å²) in [5.41, 5.74) is 2.91. The number of aromatic nitrogens is 1. The van der Waals surface area contributed by atoms with Crippen molar-refractivity contribution < 1.29 is 17.9 Å². The minimum absolute atomic E-state index is 0.254. The number of sulfone groups is 1. The zero-order valence-corrected chi connectivity index (χ0v) is 19.1. The number of carbonyl (C=O) groups excluding carboxylic acids is 1. The SMILES string of the molecule is Cc1cc(Nc2ccc(Oc3ccc(S(C)(=O)=O)cc3)c(CC3CCC(=O)C3)c2)sn1. The molecule has 0 saturated heterocycles. The van der Waals surface area contributed by atoms with Crippen molar-refractivity contribution >= 4 is 37.8 Å². The molecule has 8 heteroatoms. The molecule has 3 aromatic rings. The predicted octanol–water partition coefficient (Wildman–Crippen LogP) is 5.30.